The average molecular weight is 157 g/mol. The molecule has 66 valence electrons. The highest BCUT2D eigenvalue weighted by Gasteiger charge is 2.25. The first kappa shape index (κ1) is 10.7. The first-order chi connectivity index (χ1) is 4.92. The van der Waals surface area contributed by atoms with Crippen molar-refractivity contribution >= 4 is 0 Å². The van der Waals surface area contributed by atoms with Crippen molar-refractivity contribution in [2.45, 2.75) is 33.3 Å². The van der Waals surface area contributed by atoms with Gasteiger partial charge in [0.1, 0.15) is 0 Å². The van der Waals surface area contributed by atoms with E-state index >= 15 is 0 Å². The minimum atomic E-state index is -0.821. The SMILES string of the molecule is CC(C)=CC(O)(CN)C(C)C. The summed E-state index contributed by atoms with van der Waals surface area (Å²) >= 11 is 0. The molecule has 2 nitrogen and oxygen atoms in total. The summed E-state index contributed by atoms with van der Waals surface area (Å²) < 4.78 is 0. The van der Waals surface area contributed by atoms with Crippen molar-refractivity contribution in [1.29, 1.82) is 0 Å². The highest BCUT2D eigenvalue weighted by atomic mass is 16.3. The van der Waals surface area contributed by atoms with Gasteiger partial charge in [0.25, 0.3) is 0 Å². The van der Waals surface area contributed by atoms with E-state index in [1.165, 1.54) is 0 Å². The molecule has 0 bridgehead atoms. The van der Waals surface area contributed by atoms with Crippen LogP contribution in [0.15, 0.2) is 11.6 Å². The Kier molecular flexibility index (Phi) is 3.76. The second kappa shape index (κ2) is 3.88. The van der Waals surface area contributed by atoms with Gasteiger partial charge in [0, 0.05) is 6.54 Å². The van der Waals surface area contributed by atoms with Crippen molar-refractivity contribution < 1.29 is 5.11 Å². The third-order valence-electron chi connectivity index (χ3n) is 1.87. The molecule has 0 fully saturated rings. The van der Waals surface area contributed by atoms with Gasteiger partial charge in [-0.25, -0.2) is 0 Å². The number of rotatable bonds is 3. The summed E-state index contributed by atoms with van der Waals surface area (Å²) in [7, 11) is 0. The van der Waals surface area contributed by atoms with Gasteiger partial charge in [0.15, 0.2) is 0 Å². The lowest BCUT2D eigenvalue weighted by atomic mass is 9.89. The molecule has 0 heterocycles. The molecule has 0 aliphatic rings. The molecule has 0 spiro atoms. The molecule has 0 aromatic carbocycles. The molecule has 11 heavy (non-hydrogen) atoms. The van der Waals surface area contributed by atoms with Crippen molar-refractivity contribution in [2.75, 3.05) is 6.54 Å². The molecular formula is C9H19NO. The summed E-state index contributed by atoms with van der Waals surface area (Å²) in [6.45, 7) is 8.14. The van der Waals surface area contributed by atoms with Crippen molar-refractivity contribution in [2.24, 2.45) is 11.7 Å². The van der Waals surface area contributed by atoms with E-state index in [4.69, 9.17) is 5.73 Å². The normalized spacial score (nSPS) is 16.3. The second-order valence-corrected chi connectivity index (χ2v) is 3.57. The number of hydrogen-bond acceptors (Lipinski definition) is 2. The van der Waals surface area contributed by atoms with E-state index in [0.29, 0.717) is 0 Å². The van der Waals surface area contributed by atoms with Crippen LogP contribution in [-0.4, -0.2) is 17.3 Å². The van der Waals surface area contributed by atoms with Gasteiger partial charge >= 0.3 is 0 Å². The molecule has 0 radical (unpaired) electrons. The van der Waals surface area contributed by atoms with Gasteiger partial charge in [-0.15, -0.1) is 0 Å². The van der Waals surface area contributed by atoms with Gasteiger partial charge in [0.05, 0.1) is 5.60 Å². The highest BCUT2D eigenvalue weighted by Crippen LogP contribution is 2.18. The zero-order valence-electron chi connectivity index (χ0n) is 7.89. The second-order valence-electron chi connectivity index (χ2n) is 3.57. The first-order valence-electron chi connectivity index (χ1n) is 4.01. The smallest absolute Gasteiger partial charge is 0.0974 e. The van der Waals surface area contributed by atoms with Gasteiger partial charge in [-0.05, 0) is 19.8 Å². The Hall–Kier alpha value is -0.340. The minimum Gasteiger partial charge on any atom is -0.384 e. The lowest BCUT2D eigenvalue weighted by Crippen LogP contribution is -2.41. The Bertz CT molecular complexity index is 148. The minimum absolute atomic E-state index is 0.169. The Morgan fingerprint density at radius 2 is 2.00 bits per heavy atom. The van der Waals surface area contributed by atoms with Crippen LogP contribution in [0.1, 0.15) is 27.7 Å². The number of allylic oxidation sites excluding steroid dienone is 1. The van der Waals surface area contributed by atoms with Crippen molar-refractivity contribution in [3.63, 3.8) is 0 Å². The number of aliphatic hydroxyl groups is 1. The van der Waals surface area contributed by atoms with Crippen LogP contribution in [0.25, 0.3) is 0 Å². The van der Waals surface area contributed by atoms with Crippen LogP contribution in [0.2, 0.25) is 0 Å². The molecule has 0 aromatic rings. The molecule has 0 rings (SSSR count). The summed E-state index contributed by atoms with van der Waals surface area (Å²) in [5.41, 5.74) is 5.74. The maximum atomic E-state index is 9.87. The lowest BCUT2D eigenvalue weighted by molar-refractivity contribution is 0.0513. The summed E-state index contributed by atoms with van der Waals surface area (Å²) in [5, 5.41) is 9.87. The van der Waals surface area contributed by atoms with E-state index in [2.05, 4.69) is 0 Å². The molecule has 0 saturated heterocycles. The monoisotopic (exact) mass is 157 g/mol. The van der Waals surface area contributed by atoms with E-state index in [0.717, 1.165) is 5.57 Å². The van der Waals surface area contributed by atoms with Crippen LogP contribution in [0, 0.1) is 5.92 Å². The Balaban J connectivity index is 4.48. The fraction of sp³-hybridized carbons (Fsp3) is 0.778. The average Bonchev–Trinajstić information content (AvgIpc) is 1.86. The van der Waals surface area contributed by atoms with Gasteiger partial charge in [-0.2, -0.15) is 0 Å². The van der Waals surface area contributed by atoms with Crippen molar-refractivity contribution in [3.8, 4) is 0 Å². The molecule has 0 saturated carbocycles. The predicted octanol–water partition coefficient (Wildman–Crippen LogP) is 1.30. The lowest BCUT2D eigenvalue weighted by Gasteiger charge is -2.27. The molecule has 2 heteroatoms. The van der Waals surface area contributed by atoms with Crippen molar-refractivity contribution in [3.05, 3.63) is 11.6 Å². The van der Waals surface area contributed by atoms with E-state index in [1.54, 1.807) is 0 Å². The summed E-state index contributed by atoms with van der Waals surface area (Å²) in [5.74, 6) is 0.169. The standard InChI is InChI=1S/C9H19NO/c1-7(2)5-9(11,6-10)8(3)4/h5,8,11H,6,10H2,1-4H3. The van der Waals surface area contributed by atoms with E-state index < -0.39 is 5.60 Å². The maximum Gasteiger partial charge on any atom is 0.0974 e. The van der Waals surface area contributed by atoms with Crippen LogP contribution >= 0.6 is 0 Å². The Morgan fingerprint density at radius 3 is 2.09 bits per heavy atom. The zero-order valence-corrected chi connectivity index (χ0v) is 7.89. The van der Waals surface area contributed by atoms with Gasteiger partial charge in [-0.3, -0.25) is 0 Å². The zero-order chi connectivity index (χ0) is 9.07. The highest BCUT2D eigenvalue weighted by molar-refractivity contribution is 5.08. The Morgan fingerprint density at radius 1 is 1.55 bits per heavy atom. The molecular weight excluding hydrogens is 138 g/mol. The Labute approximate surface area is 69.1 Å². The van der Waals surface area contributed by atoms with Crippen LogP contribution in [0.4, 0.5) is 0 Å². The summed E-state index contributed by atoms with van der Waals surface area (Å²) in [6.07, 6.45) is 1.83. The van der Waals surface area contributed by atoms with Gasteiger partial charge in [-0.1, -0.05) is 25.5 Å². The largest absolute Gasteiger partial charge is 0.384 e. The first-order valence-corrected chi connectivity index (χ1v) is 4.01. The molecule has 0 amide bonds. The quantitative estimate of drug-likeness (QED) is 0.606. The van der Waals surface area contributed by atoms with E-state index in [-0.39, 0.29) is 12.5 Å². The van der Waals surface area contributed by atoms with Gasteiger partial charge < -0.3 is 10.8 Å². The number of hydrogen-bond donors (Lipinski definition) is 2. The molecule has 3 N–H and O–H groups in total. The maximum absolute atomic E-state index is 9.87. The molecule has 1 atom stereocenters. The fourth-order valence-corrected chi connectivity index (χ4v) is 0.961. The molecule has 0 aliphatic carbocycles. The third kappa shape index (κ3) is 3.04. The summed E-state index contributed by atoms with van der Waals surface area (Å²) in [4.78, 5) is 0. The number of nitrogens with two attached hydrogens (primary N) is 1. The molecule has 1 unspecified atom stereocenters. The van der Waals surface area contributed by atoms with Crippen molar-refractivity contribution in [1.82, 2.24) is 0 Å². The topological polar surface area (TPSA) is 46.2 Å². The van der Waals surface area contributed by atoms with Gasteiger partial charge in [0.2, 0.25) is 0 Å². The van der Waals surface area contributed by atoms with E-state index in [9.17, 15) is 5.11 Å². The molecule has 0 aromatic heterocycles. The van der Waals surface area contributed by atoms with Crippen LogP contribution < -0.4 is 5.73 Å². The third-order valence-corrected chi connectivity index (χ3v) is 1.87. The fourth-order valence-electron chi connectivity index (χ4n) is 0.961. The van der Waals surface area contributed by atoms with E-state index in [1.807, 2.05) is 33.8 Å². The predicted molar refractivity (Wildman–Crippen MR) is 48.3 cm³/mol. The van der Waals surface area contributed by atoms with Crippen LogP contribution in [0.3, 0.4) is 0 Å². The van der Waals surface area contributed by atoms with Crippen LogP contribution in [0.5, 0.6) is 0 Å². The van der Waals surface area contributed by atoms with Crippen LogP contribution in [-0.2, 0) is 0 Å². The molecule has 0 aliphatic heterocycles. The summed E-state index contributed by atoms with van der Waals surface area (Å²) in [6, 6.07) is 0.